The Bertz CT molecular complexity index is 696. The zero-order valence-corrected chi connectivity index (χ0v) is 15.3. The second-order valence-corrected chi connectivity index (χ2v) is 7.68. The third-order valence-electron chi connectivity index (χ3n) is 4.44. The average molecular weight is 365 g/mol. The molecule has 2 aliphatic rings. The van der Waals surface area contributed by atoms with Crippen LogP contribution in [0.3, 0.4) is 0 Å². The number of carbonyl (C=O) groups is 2. The van der Waals surface area contributed by atoms with Crippen molar-refractivity contribution >= 4 is 17.7 Å². The Hall–Kier alpha value is -2.38. The van der Waals surface area contributed by atoms with Crippen LogP contribution in [0.5, 0.6) is 5.88 Å². The lowest BCUT2D eigenvalue weighted by molar-refractivity contribution is -0.122. The Morgan fingerprint density at radius 3 is 2.69 bits per heavy atom. The van der Waals surface area contributed by atoms with Gasteiger partial charge < -0.3 is 19.7 Å². The van der Waals surface area contributed by atoms with Crippen LogP contribution in [0.2, 0.25) is 0 Å². The van der Waals surface area contributed by atoms with Crippen molar-refractivity contribution < 1.29 is 23.5 Å². The fourth-order valence-electron chi connectivity index (χ4n) is 3.39. The fraction of sp³-hybridized carbons (Fsp3) is 0.611. The zero-order valence-electron chi connectivity index (χ0n) is 15.3. The highest BCUT2D eigenvalue weighted by Crippen LogP contribution is 2.35. The number of halogens is 1. The summed E-state index contributed by atoms with van der Waals surface area (Å²) in [5.74, 6) is -0.430. The van der Waals surface area contributed by atoms with E-state index in [4.69, 9.17) is 9.47 Å². The Kier molecular flexibility index (Phi) is 5.02. The molecule has 0 spiro atoms. The summed E-state index contributed by atoms with van der Waals surface area (Å²) < 4.78 is 24.2. The molecule has 0 aromatic carbocycles. The predicted octanol–water partition coefficient (Wildman–Crippen LogP) is 2.78. The maximum atomic E-state index is 13.6. The average Bonchev–Trinajstić information content (AvgIpc) is 2.54. The summed E-state index contributed by atoms with van der Waals surface area (Å²) in [6, 6.07) is 1.22. The molecule has 0 saturated heterocycles. The van der Waals surface area contributed by atoms with Crippen LogP contribution >= 0.6 is 0 Å². The molecule has 1 aromatic heterocycles. The van der Waals surface area contributed by atoms with Crippen LogP contribution < -0.4 is 15.0 Å². The van der Waals surface area contributed by atoms with E-state index in [-0.39, 0.29) is 30.5 Å². The minimum atomic E-state index is -0.539. The number of nitrogens with zero attached hydrogens (tertiary/aromatic N) is 2. The summed E-state index contributed by atoms with van der Waals surface area (Å²) in [5.41, 5.74) is -0.160. The van der Waals surface area contributed by atoms with Crippen molar-refractivity contribution in [2.24, 2.45) is 0 Å². The first kappa shape index (κ1) is 18.4. The topological polar surface area (TPSA) is 80.8 Å². The quantitative estimate of drug-likeness (QED) is 0.872. The molecular formula is C18H24FN3O4. The molecule has 2 heterocycles. The van der Waals surface area contributed by atoms with Gasteiger partial charge in [0.15, 0.2) is 6.61 Å². The molecule has 3 rings (SSSR count). The molecule has 142 valence electrons. The lowest BCUT2D eigenvalue weighted by Gasteiger charge is -2.39. The van der Waals surface area contributed by atoms with Crippen molar-refractivity contribution in [3.05, 3.63) is 18.1 Å². The number of aromatic nitrogens is 1. The number of ether oxygens (including phenoxy) is 2. The number of rotatable bonds is 2. The van der Waals surface area contributed by atoms with E-state index in [0.29, 0.717) is 31.4 Å². The summed E-state index contributed by atoms with van der Waals surface area (Å²) in [6.45, 7) is 5.36. The summed E-state index contributed by atoms with van der Waals surface area (Å²) in [4.78, 5) is 29.8. The van der Waals surface area contributed by atoms with Crippen molar-refractivity contribution in [2.45, 2.75) is 64.1 Å². The largest absolute Gasteiger partial charge is 0.466 e. The zero-order chi connectivity index (χ0) is 18.9. The number of amides is 2. The van der Waals surface area contributed by atoms with E-state index in [2.05, 4.69) is 10.3 Å². The first-order valence-corrected chi connectivity index (χ1v) is 8.83. The molecular weight excluding hydrogens is 341 g/mol. The van der Waals surface area contributed by atoms with Gasteiger partial charge in [-0.05, 0) is 46.5 Å². The Labute approximate surface area is 151 Å². The highest BCUT2D eigenvalue weighted by atomic mass is 19.1. The first-order valence-electron chi connectivity index (χ1n) is 8.83. The molecule has 8 heteroatoms. The molecule has 1 N–H and O–H groups in total. The van der Waals surface area contributed by atoms with Gasteiger partial charge in [-0.25, -0.2) is 14.2 Å². The first-order chi connectivity index (χ1) is 12.2. The van der Waals surface area contributed by atoms with Crippen LogP contribution in [0.25, 0.3) is 0 Å². The van der Waals surface area contributed by atoms with Crippen molar-refractivity contribution in [2.75, 3.05) is 11.5 Å². The van der Waals surface area contributed by atoms with Gasteiger partial charge in [0.05, 0.1) is 6.20 Å². The van der Waals surface area contributed by atoms with Gasteiger partial charge in [0.1, 0.15) is 17.1 Å². The van der Waals surface area contributed by atoms with Crippen LogP contribution in [0.4, 0.5) is 14.9 Å². The third-order valence-corrected chi connectivity index (χ3v) is 4.44. The van der Waals surface area contributed by atoms with Gasteiger partial charge in [-0.1, -0.05) is 0 Å². The molecule has 2 amide bonds. The number of anilines is 1. The summed E-state index contributed by atoms with van der Waals surface area (Å²) in [7, 11) is 0. The van der Waals surface area contributed by atoms with Crippen molar-refractivity contribution in [3.8, 4) is 5.88 Å². The van der Waals surface area contributed by atoms with E-state index in [9.17, 15) is 14.0 Å². The molecule has 1 fully saturated rings. The van der Waals surface area contributed by atoms with Gasteiger partial charge in [0.25, 0.3) is 5.91 Å². The molecule has 1 aliphatic carbocycles. The van der Waals surface area contributed by atoms with Crippen LogP contribution in [-0.2, 0) is 9.53 Å². The number of carbonyl (C=O) groups excluding carboxylic acids is 2. The molecule has 0 radical (unpaired) electrons. The molecule has 26 heavy (non-hydrogen) atoms. The van der Waals surface area contributed by atoms with Crippen molar-refractivity contribution in [1.29, 1.82) is 0 Å². The molecule has 0 bridgehead atoms. The van der Waals surface area contributed by atoms with Crippen LogP contribution in [0.1, 0.15) is 46.5 Å². The minimum absolute atomic E-state index is 0.00217. The van der Waals surface area contributed by atoms with Gasteiger partial charge in [-0.3, -0.25) is 4.79 Å². The maximum absolute atomic E-state index is 13.6. The second-order valence-electron chi connectivity index (χ2n) is 7.68. The number of pyridine rings is 1. The Balaban J connectivity index is 1.63. The van der Waals surface area contributed by atoms with Crippen LogP contribution in [0.15, 0.2) is 12.3 Å². The smallest absolute Gasteiger partial charge is 0.407 e. The van der Waals surface area contributed by atoms with E-state index in [1.165, 1.54) is 6.07 Å². The van der Waals surface area contributed by atoms with E-state index in [1.807, 2.05) is 20.8 Å². The SMILES string of the molecule is CC(C)(C)OC(=O)NC1CCC(N2C(=O)COc3ncc(F)cc32)CC1. The lowest BCUT2D eigenvalue weighted by Crippen LogP contribution is -2.50. The molecule has 1 saturated carbocycles. The van der Waals surface area contributed by atoms with E-state index in [0.717, 1.165) is 6.20 Å². The number of fused-ring (bicyclic) bond motifs is 1. The lowest BCUT2D eigenvalue weighted by atomic mass is 9.89. The van der Waals surface area contributed by atoms with Crippen LogP contribution in [0, 0.1) is 5.82 Å². The Morgan fingerprint density at radius 1 is 1.35 bits per heavy atom. The van der Waals surface area contributed by atoms with Gasteiger partial charge in [-0.15, -0.1) is 0 Å². The monoisotopic (exact) mass is 365 g/mol. The van der Waals surface area contributed by atoms with E-state index in [1.54, 1.807) is 4.90 Å². The Morgan fingerprint density at radius 2 is 2.04 bits per heavy atom. The number of alkyl carbamates (subject to hydrolysis) is 1. The highest BCUT2D eigenvalue weighted by Gasteiger charge is 2.35. The molecule has 0 unspecified atom stereocenters. The standard InChI is InChI=1S/C18H24FN3O4/c1-18(2,3)26-17(24)21-12-4-6-13(7-5-12)22-14-8-11(19)9-20-16(14)25-10-15(22)23/h8-9,12-13H,4-7,10H2,1-3H3,(H,21,24). The van der Waals surface area contributed by atoms with Gasteiger partial charge in [-0.2, -0.15) is 0 Å². The number of nitrogens with one attached hydrogen (secondary N) is 1. The maximum Gasteiger partial charge on any atom is 0.407 e. The van der Waals surface area contributed by atoms with E-state index >= 15 is 0 Å². The van der Waals surface area contributed by atoms with Gasteiger partial charge in [0.2, 0.25) is 5.88 Å². The van der Waals surface area contributed by atoms with Gasteiger partial charge >= 0.3 is 6.09 Å². The summed E-state index contributed by atoms with van der Waals surface area (Å²) >= 11 is 0. The number of hydrogen-bond donors (Lipinski definition) is 1. The molecule has 1 aliphatic heterocycles. The fourth-order valence-corrected chi connectivity index (χ4v) is 3.39. The highest BCUT2D eigenvalue weighted by molar-refractivity contribution is 5.97. The van der Waals surface area contributed by atoms with Crippen LogP contribution in [-0.4, -0.2) is 41.3 Å². The predicted molar refractivity (Wildman–Crippen MR) is 92.6 cm³/mol. The summed E-state index contributed by atoms with van der Waals surface area (Å²) in [6.07, 6.45) is 3.47. The molecule has 1 aromatic rings. The number of hydrogen-bond acceptors (Lipinski definition) is 5. The summed E-state index contributed by atoms with van der Waals surface area (Å²) in [5, 5.41) is 2.88. The normalized spacial score (nSPS) is 23.1. The molecule has 0 atom stereocenters. The van der Waals surface area contributed by atoms with E-state index < -0.39 is 17.5 Å². The van der Waals surface area contributed by atoms with Gasteiger partial charge in [0, 0.05) is 18.2 Å². The van der Waals surface area contributed by atoms with Crippen molar-refractivity contribution in [3.63, 3.8) is 0 Å². The minimum Gasteiger partial charge on any atom is -0.466 e. The second kappa shape index (κ2) is 7.09. The third kappa shape index (κ3) is 4.23. The molecule has 7 nitrogen and oxygen atoms in total. The van der Waals surface area contributed by atoms with Crippen molar-refractivity contribution in [1.82, 2.24) is 10.3 Å².